The molecule has 1 unspecified atom stereocenters. The Labute approximate surface area is 102 Å². The molecule has 1 heterocycles. The van der Waals surface area contributed by atoms with Gasteiger partial charge in [0, 0.05) is 18.7 Å². The van der Waals surface area contributed by atoms with E-state index < -0.39 is 0 Å². The van der Waals surface area contributed by atoms with Gasteiger partial charge in [-0.05, 0) is 32.9 Å². The van der Waals surface area contributed by atoms with Gasteiger partial charge in [-0.2, -0.15) is 0 Å². The van der Waals surface area contributed by atoms with Crippen LogP contribution in [-0.4, -0.2) is 36.6 Å². The number of amides is 1. The summed E-state index contributed by atoms with van der Waals surface area (Å²) in [5.41, 5.74) is 3.06. The van der Waals surface area contributed by atoms with Crippen LogP contribution < -0.4 is 0 Å². The maximum absolute atomic E-state index is 12.3. The summed E-state index contributed by atoms with van der Waals surface area (Å²) in [5.74, 6) is 0.118. The average Bonchev–Trinajstić information content (AvgIpc) is 2.26. The summed E-state index contributed by atoms with van der Waals surface area (Å²) in [6.45, 7) is 8.05. The van der Waals surface area contributed by atoms with Crippen molar-refractivity contribution in [2.75, 3.05) is 19.7 Å². The lowest BCUT2D eigenvalue weighted by molar-refractivity contribution is -0.0124. The van der Waals surface area contributed by atoms with Gasteiger partial charge in [0.2, 0.25) is 0 Å². The molecule has 0 bridgehead atoms. The highest BCUT2D eigenvalue weighted by Crippen LogP contribution is 2.14. The number of carbonyl (C=O) groups excluding carboxylic acids is 1. The van der Waals surface area contributed by atoms with Crippen LogP contribution >= 0.6 is 0 Å². The molecule has 0 aromatic heterocycles. The van der Waals surface area contributed by atoms with Crippen molar-refractivity contribution in [1.82, 2.24) is 4.90 Å². The molecule has 1 fully saturated rings. The van der Waals surface area contributed by atoms with E-state index in [1.165, 1.54) is 0 Å². The zero-order valence-corrected chi connectivity index (χ0v) is 10.7. The van der Waals surface area contributed by atoms with E-state index in [1.54, 1.807) is 0 Å². The van der Waals surface area contributed by atoms with Crippen LogP contribution in [0.2, 0.25) is 0 Å². The van der Waals surface area contributed by atoms with Crippen molar-refractivity contribution in [1.29, 1.82) is 0 Å². The predicted molar refractivity (Wildman–Crippen MR) is 67.2 cm³/mol. The fraction of sp³-hybridized carbons (Fsp3) is 0.500. The van der Waals surface area contributed by atoms with E-state index in [2.05, 4.69) is 6.07 Å². The first-order chi connectivity index (χ1) is 8.06. The van der Waals surface area contributed by atoms with Gasteiger partial charge in [0.05, 0.1) is 12.7 Å². The molecule has 0 N–H and O–H groups in total. The third-order valence-electron chi connectivity index (χ3n) is 3.00. The SMILES string of the molecule is Cc1cc(C)cc(C(=O)N2CCOC(C)C2)c1. The summed E-state index contributed by atoms with van der Waals surface area (Å²) in [5, 5.41) is 0. The second-order valence-corrected chi connectivity index (χ2v) is 4.81. The molecule has 3 heteroatoms. The molecule has 0 saturated carbocycles. The van der Waals surface area contributed by atoms with Gasteiger partial charge in [-0.3, -0.25) is 4.79 Å². The van der Waals surface area contributed by atoms with Gasteiger partial charge < -0.3 is 9.64 Å². The van der Waals surface area contributed by atoms with Crippen molar-refractivity contribution in [2.45, 2.75) is 26.9 Å². The Morgan fingerprint density at radius 3 is 2.53 bits per heavy atom. The van der Waals surface area contributed by atoms with Crippen molar-refractivity contribution in [3.8, 4) is 0 Å². The van der Waals surface area contributed by atoms with Gasteiger partial charge in [-0.1, -0.05) is 17.2 Å². The van der Waals surface area contributed by atoms with Gasteiger partial charge in [-0.25, -0.2) is 0 Å². The first-order valence-corrected chi connectivity index (χ1v) is 6.05. The molecule has 1 aromatic carbocycles. The minimum absolute atomic E-state index is 0.118. The van der Waals surface area contributed by atoms with Crippen LogP contribution in [0.5, 0.6) is 0 Å². The zero-order chi connectivity index (χ0) is 12.4. The number of benzene rings is 1. The fourth-order valence-electron chi connectivity index (χ4n) is 2.28. The number of ether oxygens (including phenoxy) is 1. The maximum Gasteiger partial charge on any atom is 0.254 e. The van der Waals surface area contributed by atoms with Crippen LogP contribution in [0.15, 0.2) is 18.2 Å². The van der Waals surface area contributed by atoms with Crippen LogP contribution in [0.25, 0.3) is 0 Å². The lowest BCUT2D eigenvalue weighted by Crippen LogP contribution is -2.44. The molecule has 1 atom stereocenters. The average molecular weight is 233 g/mol. The van der Waals surface area contributed by atoms with Crippen LogP contribution in [-0.2, 0) is 4.74 Å². The van der Waals surface area contributed by atoms with Crippen molar-refractivity contribution in [3.05, 3.63) is 34.9 Å². The molecular weight excluding hydrogens is 214 g/mol. The lowest BCUT2D eigenvalue weighted by Gasteiger charge is -2.31. The van der Waals surface area contributed by atoms with E-state index >= 15 is 0 Å². The number of rotatable bonds is 1. The van der Waals surface area contributed by atoms with E-state index in [1.807, 2.05) is 37.8 Å². The molecule has 0 radical (unpaired) electrons. The maximum atomic E-state index is 12.3. The van der Waals surface area contributed by atoms with Crippen molar-refractivity contribution < 1.29 is 9.53 Å². The molecule has 1 aliphatic heterocycles. The number of aryl methyl sites for hydroxylation is 2. The van der Waals surface area contributed by atoms with Crippen molar-refractivity contribution in [3.63, 3.8) is 0 Å². The quantitative estimate of drug-likeness (QED) is 0.744. The molecule has 17 heavy (non-hydrogen) atoms. The van der Waals surface area contributed by atoms with E-state index in [9.17, 15) is 4.79 Å². The molecule has 1 aromatic rings. The molecule has 3 nitrogen and oxygen atoms in total. The van der Waals surface area contributed by atoms with Crippen LogP contribution in [0.1, 0.15) is 28.4 Å². The van der Waals surface area contributed by atoms with E-state index in [0.717, 1.165) is 16.7 Å². The largest absolute Gasteiger partial charge is 0.375 e. The van der Waals surface area contributed by atoms with Crippen LogP contribution in [0, 0.1) is 13.8 Å². The Bertz CT molecular complexity index is 408. The minimum atomic E-state index is 0.118. The summed E-state index contributed by atoms with van der Waals surface area (Å²) in [4.78, 5) is 14.2. The standard InChI is InChI=1S/C14H19NO2/c1-10-6-11(2)8-13(7-10)14(16)15-4-5-17-12(3)9-15/h6-8,12H,4-5,9H2,1-3H3. The summed E-state index contributed by atoms with van der Waals surface area (Å²) in [7, 11) is 0. The monoisotopic (exact) mass is 233 g/mol. The van der Waals surface area contributed by atoms with E-state index in [4.69, 9.17) is 4.74 Å². The Kier molecular flexibility index (Phi) is 3.48. The third-order valence-corrected chi connectivity index (χ3v) is 3.00. The predicted octanol–water partition coefficient (Wildman–Crippen LogP) is 2.16. The first kappa shape index (κ1) is 12.1. The molecule has 1 saturated heterocycles. The molecule has 92 valence electrons. The van der Waals surface area contributed by atoms with Gasteiger partial charge in [0.25, 0.3) is 5.91 Å². The smallest absolute Gasteiger partial charge is 0.254 e. The van der Waals surface area contributed by atoms with Gasteiger partial charge in [0.15, 0.2) is 0 Å². The number of nitrogens with zero attached hydrogens (tertiary/aromatic N) is 1. The Morgan fingerprint density at radius 2 is 1.94 bits per heavy atom. The first-order valence-electron chi connectivity index (χ1n) is 6.05. The fourth-order valence-corrected chi connectivity index (χ4v) is 2.28. The summed E-state index contributed by atoms with van der Waals surface area (Å²) >= 11 is 0. The second-order valence-electron chi connectivity index (χ2n) is 4.81. The number of carbonyl (C=O) groups is 1. The summed E-state index contributed by atoms with van der Waals surface area (Å²) in [6, 6.07) is 5.99. The highest BCUT2D eigenvalue weighted by Gasteiger charge is 2.22. The summed E-state index contributed by atoms with van der Waals surface area (Å²) in [6.07, 6.45) is 0.138. The Hall–Kier alpha value is -1.35. The Morgan fingerprint density at radius 1 is 1.29 bits per heavy atom. The third kappa shape index (κ3) is 2.86. The summed E-state index contributed by atoms with van der Waals surface area (Å²) < 4.78 is 5.45. The van der Waals surface area contributed by atoms with E-state index in [0.29, 0.717) is 19.7 Å². The molecule has 2 rings (SSSR count). The number of morpholine rings is 1. The number of hydrogen-bond acceptors (Lipinski definition) is 2. The highest BCUT2D eigenvalue weighted by molar-refractivity contribution is 5.94. The highest BCUT2D eigenvalue weighted by atomic mass is 16.5. The van der Waals surface area contributed by atoms with Crippen LogP contribution in [0.3, 0.4) is 0 Å². The molecular formula is C14H19NO2. The van der Waals surface area contributed by atoms with E-state index in [-0.39, 0.29) is 12.0 Å². The van der Waals surface area contributed by atoms with Gasteiger partial charge >= 0.3 is 0 Å². The molecule has 0 spiro atoms. The molecule has 1 aliphatic rings. The Balaban J connectivity index is 2.18. The lowest BCUT2D eigenvalue weighted by atomic mass is 10.1. The van der Waals surface area contributed by atoms with Crippen molar-refractivity contribution >= 4 is 5.91 Å². The second kappa shape index (κ2) is 4.88. The normalized spacial score (nSPS) is 20.4. The molecule has 1 amide bonds. The topological polar surface area (TPSA) is 29.5 Å². The van der Waals surface area contributed by atoms with Gasteiger partial charge in [-0.15, -0.1) is 0 Å². The van der Waals surface area contributed by atoms with Crippen LogP contribution in [0.4, 0.5) is 0 Å². The van der Waals surface area contributed by atoms with Gasteiger partial charge in [0.1, 0.15) is 0 Å². The van der Waals surface area contributed by atoms with Crippen molar-refractivity contribution in [2.24, 2.45) is 0 Å². The minimum Gasteiger partial charge on any atom is -0.375 e. The zero-order valence-electron chi connectivity index (χ0n) is 10.7. The number of hydrogen-bond donors (Lipinski definition) is 0. The molecule has 0 aliphatic carbocycles.